The van der Waals surface area contributed by atoms with Gasteiger partial charge in [0.15, 0.2) is 0 Å². The summed E-state index contributed by atoms with van der Waals surface area (Å²) in [7, 11) is 1.66. The Balaban J connectivity index is 1.72. The van der Waals surface area contributed by atoms with E-state index in [0.29, 0.717) is 18.8 Å². The fourth-order valence-electron chi connectivity index (χ4n) is 2.54. The summed E-state index contributed by atoms with van der Waals surface area (Å²) in [4.78, 5) is 25.4. The number of carbonyl (C=O) groups excluding carboxylic acids is 1. The Hall–Kier alpha value is -2.56. The van der Waals surface area contributed by atoms with Crippen molar-refractivity contribution in [1.82, 2.24) is 9.47 Å². The Bertz CT molecular complexity index is 736. The summed E-state index contributed by atoms with van der Waals surface area (Å²) in [6.07, 6.45) is 2.50. The number of pyridine rings is 1. The van der Waals surface area contributed by atoms with Gasteiger partial charge in [-0.15, -0.1) is 0 Å². The molecule has 0 unspecified atom stereocenters. The molecule has 1 aliphatic heterocycles. The summed E-state index contributed by atoms with van der Waals surface area (Å²) in [5.74, 6) is 0. The third-order valence-electron chi connectivity index (χ3n) is 3.75. The van der Waals surface area contributed by atoms with Gasteiger partial charge in [0.05, 0.1) is 5.69 Å². The van der Waals surface area contributed by atoms with Crippen molar-refractivity contribution in [2.75, 3.05) is 11.9 Å². The Morgan fingerprint density at radius 1 is 1.14 bits per heavy atom. The average molecular weight is 283 g/mol. The van der Waals surface area contributed by atoms with Crippen molar-refractivity contribution in [3.05, 3.63) is 64.1 Å². The first-order valence-electron chi connectivity index (χ1n) is 6.93. The number of amides is 2. The number of fused-ring (bicyclic) bond motifs is 1. The largest absolute Gasteiger partial charge is 0.322 e. The average Bonchev–Trinajstić information content (AvgIpc) is 2.50. The molecule has 1 N–H and O–H groups in total. The second-order valence-corrected chi connectivity index (χ2v) is 5.24. The SMILES string of the molecule is Cn1cc(NC(=O)N2CCc3ccccc3C2)ccc1=O. The van der Waals surface area contributed by atoms with Gasteiger partial charge in [-0.2, -0.15) is 0 Å². The summed E-state index contributed by atoms with van der Waals surface area (Å²) < 4.78 is 1.45. The number of hydrogen-bond donors (Lipinski definition) is 1. The first-order chi connectivity index (χ1) is 10.1. The Morgan fingerprint density at radius 3 is 2.67 bits per heavy atom. The molecule has 2 amide bonds. The van der Waals surface area contributed by atoms with E-state index in [9.17, 15) is 9.59 Å². The van der Waals surface area contributed by atoms with Gasteiger partial charge in [-0.25, -0.2) is 4.79 Å². The van der Waals surface area contributed by atoms with Gasteiger partial charge in [0.2, 0.25) is 5.56 Å². The molecule has 21 heavy (non-hydrogen) atoms. The molecular weight excluding hydrogens is 266 g/mol. The van der Waals surface area contributed by atoms with Gasteiger partial charge in [0.1, 0.15) is 0 Å². The number of aryl methyl sites for hydroxylation is 1. The Morgan fingerprint density at radius 2 is 1.90 bits per heavy atom. The van der Waals surface area contributed by atoms with E-state index in [1.807, 2.05) is 12.1 Å². The van der Waals surface area contributed by atoms with Crippen LogP contribution in [0.25, 0.3) is 0 Å². The van der Waals surface area contributed by atoms with Gasteiger partial charge in [-0.1, -0.05) is 24.3 Å². The molecule has 0 fully saturated rings. The fraction of sp³-hybridized carbons (Fsp3) is 0.250. The van der Waals surface area contributed by atoms with Crippen molar-refractivity contribution < 1.29 is 4.79 Å². The van der Waals surface area contributed by atoms with Crippen LogP contribution in [0.4, 0.5) is 10.5 Å². The smallest absolute Gasteiger partial charge is 0.320 e. The molecule has 0 saturated carbocycles. The van der Waals surface area contributed by atoms with Gasteiger partial charge in [0.25, 0.3) is 0 Å². The molecule has 5 heteroatoms. The molecule has 0 saturated heterocycles. The highest BCUT2D eigenvalue weighted by Gasteiger charge is 2.20. The van der Waals surface area contributed by atoms with Crippen LogP contribution in [0.3, 0.4) is 0 Å². The van der Waals surface area contributed by atoms with Crippen molar-refractivity contribution in [2.24, 2.45) is 7.05 Å². The summed E-state index contributed by atoms with van der Waals surface area (Å²) >= 11 is 0. The molecule has 0 radical (unpaired) electrons. The van der Waals surface area contributed by atoms with Crippen LogP contribution in [0.5, 0.6) is 0 Å². The molecular formula is C16H17N3O2. The lowest BCUT2D eigenvalue weighted by Gasteiger charge is -2.29. The van der Waals surface area contributed by atoms with Crippen molar-refractivity contribution in [1.29, 1.82) is 0 Å². The topological polar surface area (TPSA) is 54.3 Å². The van der Waals surface area contributed by atoms with Crippen LogP contribution in [0.15, 0.2) is 47.4 Å². The maximum Gasteiger partial charge on any atom is 0.322 e. The standard InChI is InChI=1S/C16H17N3O2/c1-18-11-14(6-7-15(18)20)17-16(21)19-9-8-12-4-2-3-5-13(12)10-19/h2-7,11H,8-10H2,1H3,(H,17,21). The minimum absolute atomic E-state index is 0.0973. The highest BCUT2D eigenvalue weighted by molar-refractivity contribution is 5.89. The van der Waals surface area contributed by atoms with Gasteiger partial charge >= 0.3 is 6.03 Å². The van der Waals surface area contributed by atoms with Crippen molar-refractivity contribution in [2.45, 2.75) is 13.0 Å². The first-order valence-corrected chi connectivity index (χ1v) is 6.93. The number of carbonyl (C=O) groups is 1. The molecule has 0 spiro atoms. The number of nitrogens with zero attached hydrogens (tertiary/aromatic N) is 2. The maximum atomic E-state index is 12.3. The molecule has 0 aliphatic carbocycles. The number of nitrogens with one attached hydrogen (secondary N) is 1. The molecule has 2 heterocycles. The monoisotopic (exact) mass is 283 g/mol. The Labute approximate surface area is 122 Å². The number of rotatable bonds is 1. The molecule has 1 aromatic heterocycles. The van der Waals surface area contributed by atoms with E-state index in [1.165, 1.54) is 21.8 Å². The quantitative estimate of drug-likeness (QED) is 0.870. The molecule has 5 nitrogen and oxygen atoms in total. The van der Waals surface area contributed by atoms with Gasteiger partial charge in [-0.3, -0.25) is 4.79 Å². The van der Waals surface area contributed by atoms with Crippen LogP contribution in [0.2, 0.25) is 0 Å². The van der Waals surface area contributed by atoms with E-state index in [-0.39, 0.29) is 11.6 Å². The second kappa shape index (κ2) is 5.44. The minimum atomic E-state index is -0.136. The molecule has 0 atom stereocenters. The third-order valence-corrected chi connectivity index (χ3v) is 3.75. The number of benzene rings is 1. The zero-order chi connectivity index (χ0) is 14.8. The highest BCUT2D eigenvalue weighted by Crippen LogP contribution is 2.19. The summed E-state index contributed by atoms with van der Waals surface area (Å²) in [6.45, 7) is 1.32. The number of hydrogen-bond acceptors (Lipinski definition) is 2. The van der Waals surface area contributed by atoms with E-state index < -0.39 is 0 Å². The number of aromatic nitrogens is 1. The van der Waals surface area contributed by atoms with E-state index in [4.69, 9.17) is 0 Å². The van der Waals surface area contributed by atoms with Crippen LogP contribution in [0, 0.1) is 0 Å². The number of anilines is 1. The van der Waals surface area contributed by atoms with E-state index in [2.05, 4.69) is 17.4 Å². The van der Waals surface area contributed by atoms with Crippen LogP contribution >= 0.6 is 0 Å². The van der Waals surface area contributed by atoms with E-state index in [1.54, 1.807) is 24.2 Å². The zero-order valence-corrected chi connectivity index (χ0v) is 11.9. The van der Waals surface area contributed by atoms with Gasteiger partial charge in [0, 0.05) is 32.4 Å². The summed E-state index contributed by atoms with van der Waals surface area (Å²) in [6, 6.07) is 11.1. The molecule has 1 aliphatic rings. The maximum absolute atomic E-state index is 12.3. The molecule has 108 valence electrons. The third kappa shape index (κ3) is 2.81. The van der Waals surface area contributed by atoms with Crippen LogP contribution in [-0.2, 0) is 20.0 Å². The summed E-state index contributed by atoms with van der Waals surface area (Å²) in [5, 5.41) is 2.84. The van der Waals surface area contributed by atoms with Crippen LogP contribution < -0.4 is 10.9 Å². The molecule has 1 aromatic carbocycles. The lowest BCUT2D eigenvalue weighted by Crippen LogP contribution is -2.39. The van der Waals surface area contributed by atoms with Crippen molar-refractivity contribution in [3.8, 4) is 0 Å². The predicted molar refractivity (Wildman–Crippen MR) is 81.3 cm³/mol. The highest BCUT2D eigenvalue weighted by atomic mass is 16.2. The second-order valence-electron chi connectivity index (χ2n) is 5.24. The van der Waals surface area contributed by atoms with Crippen molar-refractivity contribution in [3.63, 3.8) is 0 Å². The van der Waals surface area contributed by atoms with Gasteiger partial charge < -0.3 is 14.8 Å². The Kier molecular flexibility index (Phi) is 3.48. The predicted octanol–water partition coefficient (Wildman–Crippen LogP) is 1.98. The summed E-state index contributed by atoms with van der Waals surface area (Å²) in [5.41, 5.74) is 3.03. The van der Waals surface area contributed by atoms with Crippen molar-refractivity contribution >= 4 is 11.7 Å². The van der Waals surface area contributed by atoms with E-state index >= 15 is 0 Å². The lowest BCUT2D eigenvalue weighted by molar-refractivity contribution is 0.206. The normalized spacial score (nSPS) is 13.7. The minimum Gasteiger partial charge on any atom is -0.320 e. The molecule has 0 bridgehead atoms. The lowest BCUT2D eigenvalue weighted by atomic mass is 10.0. The fourth-order valence-corrected chi connectivity index (χ4v) is 2.54. The number of urea groups is 1. The van der Waals surface area contributed by atoms with Crippen LogP contribution in [-0.4, -0.2) is 22.0 Å². The first kappa shape index (κ1) is 13.4. The zero-order valence-electron chi connectivity index (χ0n) is 11.9. The molecule has 3 rings (SSSR count). The van der Waals surface area contributed by atoms with Gasteiger partial charge in [-0.05, 0) is 23.6 Å². The molecule has 2 aromatic rings. The van der Waals surface area contributed by atoms with Crippen LogP contribution in [0.1, 0.15) is 11.1 Å². The van der Waals surface area contributed by atoms with E-state index in [0.717, 1.165) is 6.42 Å².